The summed E-state index contributed by atoms with van der Waals surface area (Å²) in [7, 11) is 0. The molecule has 0 spiro atoms. The number of para-hydroxylation sites is 3. The molecule has 0 aliphatic heterocycles. The number of benzene rings is 5. The maximum Gasteiger partial charge on any atom is 0.331 e. The van der Waals surface area contributed by atoms with Gasteiger partial charge in [0.15, 0.2) is 0 Å². The number of hydrogen-bond donors (Lipinski definition) is 0. The molecule has 4 nitrogen and oxygen atoms in total. The predicted molar refractivity (Wildman–Crippen MR) is 207 cm³/mol. The van der Waals surface area contributed by atoms with E-state index in [1.54, 1.807) is 6.08 Å². The number of nitrogens with zero attached hydrogens (tertiary/aromatic N) is 2. The van der Waals surface area contributed by atoms with E-state index in [0.717, 1.165) is 30.6 Å². The van der Waals surface area contributed by atoms with Crippen LogP contribution in [0.5, 0.6) is 0 Å². The Balaban J connectivity index is 0.000000220. The molecule has 4 heteroatoms. The third-order valence-electron chi connectivity index (χ3n) is 8.00. The summed E-state index contributed by atoms with van der Waals surface area (Å²) in [6.07, 6.45) is 5.49. The Morgan fingerprint density at radius 3 is 1.50 bits per heavy atom. The van der Waals surface area contributed by atoms with E-state index in [1.807, 2.05) is 64.1 Å². The van der Waals surface area contributed by atoms with Gasteiger partial charge in [0.25, 0.3) is 0 Å². The van der Waals surface area contributed by atoms with E-state index in [2.05, 4.69) is 108 Å². The van der Waals surface area contributed by atoms with Crippen molar-refractivity contribution in [1.82, 2.24) is 9.13 Å². The molecule has 7 aromatic rings. The Bertz CT molecular complexity index is 2010. The van der Waals surface area contributed by atoms with Gasteiger partial charge in [0.2, 0.25) is 0 Å². The second-order valence-electron chi connectivity index (χ2n) is 11.1. The predicted octanol–water partition coefficient (Wildman–Crippen LogP) is 12.2. The van der Waals surface area contributed by atoms with Gasteiger partial charge in [-0.3, -0.25) is 0 Å². The first-order chi connectivity index (χ1) is 23.7. The summed E-state index contributed by atoms with van der Waals surface area (Å²) in [5, 5.41) is 5.18. The Hall–Kier alpha value is -5.09. The van der Waals surface area contributed by atoms with Gasteiger partial charge in [0, 0.05) is 62.8 Å². The first-order valence-electron chi connectivity index (χ1n) is 17.5. The van der Waals surface area contributed by atoms with E-state index in [4.69, 9.17) is 4.74 Å². The van der Waals surface area contributed by atoms with Crippen LogP contribution in [0.2, 0.25) is 0 Å². The lowest BCUT2D eigenvalue weighted by atomic mass is 10.1. The van der Waals surface area contributed by atoms with Crippen molar-refractivity contribution in [2.75, 3.05) is 0 Å². The van der Waals surface area contributed by atoms with Crippen molar-refractivity contribution >= 4 is 55.7 Å². The largest absolute Gasteiger partial charge is 0.458 e. The van der Waals surface area contributed by atoms with Crippen molar-refractivity contribution in [3.63, 3.8) is 0 Å². The number of rotatable bonds is 8. The quantitative estimate of drug-likeness (QED) is 0.123. The molecule has 48 heavy (non-hydrogen) atoms. The van der Waals surface area contributed by atoms with E-state index in [1.165, 1.54) is 56.1 Å². The lowest BCUT2D eigenvalue weighted by Crippen LogP contribution is -2.01. The fourth-order valence-electron chi connectivity index (χ4n) is 6.05. The van der Waals surface area contributed by atoms with E-state index in [0.29, 0.717) is 0 Å². The smallest absolute Gasteiger partial charge is 0.331 e. The van der Waals surface area contributed by atoms with Crippen LogP contribution in [0.3, 0.4) is 0 Å². The van der Waals surface area contributed by atoms with Gasteiger partial charge >= 0.3 is 5.97 Å². The maximum atomic E-state index is 12.0. The number of carbonyl (C=O) groups is 1. The zero-order chi connectivity index (χ0) is 34.3. The second-order valence-corrected chi connectivity index (χ2v) is 11.1. The molecule has 7 rings (SSSR count). The van der Waals surface area contributed by atoms with Crippen LogP contribution in [0, 0.1) is 0 Å². The third kappa shape index (κ3) is 8.24. The van der Waals surface area contributed by atoms with Crippen molar-refractivity contribution in [1.29, 1.82) is 0 Å². The minimum atomic E-state index is -0.336. The van der Waals surface area contributed by atoms with Crippen LogP contribution in [0.15, 0.2) is 127 Å². The van der Waals surface area contributed by atoms with Crippen LogP contribution >= 0.6 is 0 Å². The molecule has 0 bridgehead atoms. The molecule has 0 aliphatic rings. The highest BCUT2D eigenvalue weighted by molar-refractivity contribution is 6.09. The van der Waals surface area contributed by atoms with Gasteiger partial charge in [-0.15, -0.1) is 0 Å². The zero-order valence-electron chi connectivity index (χ0n) is 29.4. The van der Waals surface area contributed by atoms with E-state index >= 15 is 0 Å². The summed E-state index contributed by atoms with van der Waals surface area (Å²) in [4.78, 5) is 12.0. The Morgan fingerprint density at radius 2 is 1.00 bits per heavy atom. The van der Waals surface area contributed by atoms with Crippen molar-refractivity contribution < 1.29 is 9.53 Å². The summed E-state index contributed by atoms with van der Waals surface area (Å²) in [6.45, 7) is 14.8. The van der Waals surface area contributed by atoms with Gasteiger partial charge in [-0.1, -0.05) is 133 Å². The van der Waals surface area contributed by atoms with Gasteiger partial charge in [0.1, 0.15) is 6.61 Å². The van der Waals surface area contributed by atoms with Crippen molar-refractivity contribution in [2.45, 2.75) is 74.1 Å². The number of carbonyl (C=O) groups excluding carboxylic acids is 1. The van der Waals surface area contributed by atoms with Crippen LogP contribution in [0.25, 0.3) is 49.7 Å². The molecule has 2 aromatic heterocycles. The molecule has 0 saturated heterocycles. The van der Waals surface area contributed by atoms with Crippen LogP contribution < -0.4 is 0 Å². The normalized spacial score (nSPS) is 10.7. The number of hydrogen-bond acceptors (Lipinski definition) is 2. The topological polar surface area (TPSA) is 36.2 Å². The standard InChI is InChI=1S/C25H23NO2.C15H15N.2C2H6/c1-2-16-26-23-11-7-6-10-21(23)22-17-20(12-14-24(22)26)18-28-25(27)15-13-19-8-4-3-5-9-19;1-2-11-16-14-9-5-3-7-12(14)13-8-4-6-10-15(13)16;2*1-2/h3-15,17H,2,16,18H2,1H3;3-10H,2,11H2,1H3;2*1-2H3/b15-13+;;;. The molecule has 0 aliphatic carbocycles. The lowest BCUT2D eigenvalue weighted by Gasteiger charge is -2.06. The minimum Gasteiger partial charge on any atom is -0.458 e. The fourth-order valence-corrected chi connectivity index (χ4v) is 6.05. The molecule has 248 valence electrons. The molecule has 0 atom stereocenters. The third-order valence-corrected chi connectivity index (χ3v) is 8.00. The molecule has 5 aromatic carbocycles. The van der Waals surface area contributed by atoms with E-state index in [9.17, 15) is 4.79 Å². The highest BCUT2D eigenvalue weighted by atomic mass is 16.5. The van der Waals surface area contributed by atoms with Gasteiger partial charge in [-0.2, -0.15) is 0 Å². The molecule has 2 heterocycles. The van der Waals surface area contributed by atoms with Crippen LogP contribution in [-0.4, -0.2) is 15.1 Å². The molecule has 0 amide bonds. The Kier molecular flexibility index (Phi) is 13.6. The van der Waals surface area contributed by atoms with Crippen LogP contribution in [-0.2, 0) is 29.2 Å². The number of ether oxygens (including phenoxy) is 1. The summed E-state index contributed by atoms with van der Waals surface area (Å²) >= 11 is 0. The number of aryl methyl sites for hydroxylation is 2. The molecular formula is C44H50N2O2. The molecule has 0 fully saturated rings. The fraction of sp³-hybridized carbons (Fsp3) is 0.250. The minimum absolute atomic E-state index is 0.265. The molecule has 0 unspecified atom stereocenters. The SMILES string of the molecule is CC.CC.CCCn1c2ccccc2c2cc(COC(=O)/C=C/c3ccccc3)ccc21.CCCn1c2ccccc2c2ccccc21. The molecule has 0 saturated carbocycles. The summed E-state index contributed by atoms with van der Waals surface area (Å²) in [6, 6.07) is 41.8. The average Bonchev–Trinajstić information content (AvgIpc) is 3.65. The van der Waals surface area contributed by atoms with Gasteiger partial charge in [-0.25, -0.2) is 4.79 Å². The number of aromatic nitrogens is 2. The Morgan fingerprint density at radius 1 is 0.562 bits per heavy atom. The highest BCUT2D eigenvalue weighted by Crippen LogP contribution is 2.31. The molecule has 0 N–H and O–H groups in total. The summed E-state index contributed by atoms with van der Waals surface area (Å²) < 4.78 is 10.2. The zero-order valence-corrected chi connectivity index (χ0v) is 29.4. The average molecular weight is 639 g/mol. The summed E-state index contributed by atoms with van der Waals surface area (Å²) in [5.41, 5.74) is 7.15. The van der Waals surface area contributed by atoms with Gasteiger partial charge in [0.05, 0.1) is 0 Å². The Labute approximate surface area is 286 Å². The number of esters is 1. The van der Waals surface area contributed by atoms with Gasteiger partial charge < -0.3 is 13.9 Å². The van der Waals surface area contributed by atoms with Crippen molar-refractivity contribution in [3.05, 3.63) is 139 Å². The maximum absolute atomic E-state index is 12.0. The first-order valence-corrected chi connectivity index (χ1v) is 17.5. The first kappa shape index (κ1) is 35.8. The second kappa shape index (κ2) is 18.3. The highest BCUT2D eigenvalue weighted by Gasteiger charge is 2.11. The van der Waals surface area contributed by atoms with Gasteiger partial charge in [-0.05, 0) is 60.4 Å². The van der Waals surface area contributed by atoms with E-state index in [-0.39, 0.29) is 12.6 Å². The molecule has 0 radical (unpaired) electrons. The van der Waals surface area contributed by atoms with E-state index < -0.39 is 0 Å². The molecular weight excluding hydrogens is 588 g/mol. The number of fused-ring (bicyclic) bond motifs is 6. The lowest BCUT2D eigenvalue weighted by molar-refractivity contribution is -0.138. The monoisotopic (exact) mass is 638 g/mol. The van der Waals surface area contributed by atoms with Crippen LogP contribution in [0.4, 0.5) is 0 Å². The van der Waals surface area contributed by atoms with Crippen molar-refractivity contribution in [2.24, 2.45) is 0 Å². The summed E-state index contributed by atoms with van der Waals surface area (Å²) in [5.74, 6) is -0.336. The van der Waals surface area contributed by atoms with Crippen molar-refractivity contribution in [3.8, 4) is 0 Å². The van der Waals surface area contributed by atoms with Crippen LogP contribution in [0.1, 0.15) is 65.5 Å².